The average molecular weight is 1460 g/mol. The van der Waals surface area contributed by atoms with Crippen molar-refractivity contribution in [3.8, 4) is 0 Å². The molecule has 18 heteroatoms. The van der Waals surface area contributed by atoms with Crippen molar-refractivity contribution in [1.82, 2.24) is 0 Å². The number of aliphatic hydroxyl groups excluding tert-OH is 2. The number of carbonyl (C=O) groups excluding carboxylic acids is 3. The molecule has 0 bridgehead atoms. The molecule has 0 saturated carbocycles. The summed E-state index contributed by atoms with van der Waals surface area (Å²) in [7, 11) is -9.80. The number of esters is 3. The Labute approximate surface area is 613 Å². The van der Waals surface area contributed by atoms with E-state index in [4.69, 9.17) is 32.3 Å². The summed E-state index contributed by atoms with van der Waals surface area (Å²) < 4.78 is 60.9. The highest BCUT2D eigenvalue weighted by Crippen LogP contribution is 2.45. The quantitative estimate of drug-likeness (QED) is 0.0146. The van der Waals surface area contributed by atoms with E-state index in [-0.39, 0.29) is 19.3 Å². The van der Waals surface area contributed by atoms with E-state index in [1.807, 2.05) is 18.2 Å². The van der Waals surface area contributed by atoms with Gasteiger partial charge in [0, 0.05) is 19.3 Å². The Morgan fingerprint density at radius 2 is 0.545 bits per heavy atom. The largest absolute Gasteiger partial charge is 0.472 e. The highest BCUT2D eigenvalue weighted by Gasteiger charge is 2.29. The fourth-order valence-corrected chi connectivity index (χ4v) is 11.8. The van der Waals surface area contributed by atoms with E-state index in [0.29, 0.717) is 25.7 Å². The minimum atomic E-state index is -4.94. The van der Waals surface area contributed by atoms with Crippen LogP contribution in [0.3, 0.4) is 0 Å². The number of unbranched alkanes of at least 4 members (excludes halogenated alkanes) is 26. The third-order valence-corrected chi connectivity index (χ3v) is 18.0. The van der Waals surface area contributed by atoms with Crippen LogP contribution in [0.5, 0.6) is 0 Å². The fraction of sp³-hybridized carbons (Fsp3) is 0.675. The topological polar surface area (TPSA) is 231 Å². The van der Waals surface area contributed by atoms with Gasteiger partial charge in [-0.05, 0) is 109 Å². The van der Waals surface area contributed by atoms with Gasteiger partial charge in [0.2, 0.25) is 0 Å². The Morgan fingerprint density at radius 1 is 0.287 bits per heavy atom. The number of carbonyl (C=O) groups is 3. The zero-order valence-electron chi connectivity index (χ0n) is 63.0. The Balaban J connectivity index is 4.38. The van der Waals surface area contributed by atoms with Crippen molar-refractivity contribution in [2.24, 2.45) is 0 Å². The van der Waals surface area contributed by atoms with Gasteiger partial charge >= 0.3 is 33.6 Å². The molecule has 0 fully saturated rings. The first kappa shape index (κ1) is 96.4. The van der Waals surface area contributed by atoms with Gasteiger partial charge in [-0.2, -0.15) is 0 Å². The van der Waals surface area contributed by atoms with Crippen LogP contribution >= 0.6 is 15.6 Å². The lowest BCUT2D eigenvalue weighted by Crippen LogP contribution is -2.30. The number of hydrogen-bond acceptors (Lipinski definition) is 14. The summed E-state index contributed by atoms with van der Waals surface area (Å²) in [6, 6.07) is 0. The van der Waals surface area contributed by atoms with Crippen LogP contribution in [0, 0.1) is 0 Å². The van der Waals surface area contributed by atoms with Crippen LogP contribution in [0.1, 0.15) is 303 Å². The molecule has 0 aromatic rings. The summed E-state index contributed by atoms with van der Waals surface area (Å²) in [4.78, 5) is 58.4. The van der Waals surface area contributed by atoms with E-state index in [1.54, 1.807) is 0 Å². The lowest BCUT2D eigenvalue weighted by Gasteiger charge is -2.21. The maximum Gasteiger partial charge on any atom is 0.472 e. The second-order valence-electron chi connectivity index (χ2n) is 25.8. The molecule has 0 spiro atoms. The Bertz CT molecular complexity index is 2420. The second-order valence-corrected chi connectivity index (χ2v) is 28.7. The molecule has 0 aliphatic heterocycles. The van der Waals surface area contributed by atoms with Gasteiger partial charge in [0.25, 0.3) is 0 Å². The van der Waals surface area contributed by atoms with Crippen LogP contribution < -0.4 is 0 Å². The van der Waals surface area contributed by atoms with Gasteiger partial charge in [0.15, 0.2) is 6.10 Å². The lowest BCUT2D eigenvalue weighted by atomic mass is 10.0. The second kappa shape index (κ2) is 75.1. The van der Waals surface area contributed by atoms with Crippen molar-refractivity contribution in [1.29, 1.82) is 0 Å². The fourth-order valence-electron chi connectivity index (χ4n) is 10.2. The summed E-state index contributed by atoms with van der Waals surface area (Å²) in [5.74, 6) is -1.67. The van der Waals surface area contributed by atoms with E-state index in [1.165, 1.54) is 122 Å². The van der Waals surface area contributed by atoms with Crippen LogP contribution in [0.15, 0.2) is 146 Å². The van der Waals surface area contributed by atoms with Gasteiger partial charge in [0.1, 0.15) is 25.4 Å². The Morgan fingerprint density at radius 3 is 0.891 bits per heavy atom. The molecule has 5 atom stereocenters. The van der Waals surface area contributed by atoms with Gasteiger partial charge in [-0.25, -0.2) is 9.13 Å². The van der Waals surface area contributed by atoms with Crippen molar-refractivity contribution < 1.29 is 75.8 Å². The van der Waals surface area contributed by atoms with Crippen molar-refractivity contribution >= 4 is 33.6 Å². The van der Waals surface area contributed by atoms with Crippen LogP contribution in [0.2, 0.25) is 0 Å². The van der Waals surface area contributed by atoms with Crippen LogP contribution in [-0.2, 0) is 55.8 Å². The number of allylic oxidation sites excluding steroid dienone is 24. The Kier molecular flexibility index (Phi) is 71.7. The molecule has 0 aliphatic rings. The molecule has 0 rings (SSSR count). The van der Waals surface area contributed by atoms with Crippen molar-refractivity contribution in [2.45, 2.75) is 322 Å². The molecule has 0 aliphatic carbocycles. The number of hydrogen-bond donors (Lipinski definition) is 4. The molecule has 0 aromatic heterocycles. The third kappa shape index (κ3) is 76.4. The van der Waals surface area contributed by atoms with Crippen LogP contribution in [0.4, 0.5) is 0 Å². The molecule has 578 valence electrons. The van der Waals surface area contributed by atoms with Crippen molar-refractivity contribution in [3.63, 3.8) is 0 Å². The van der Waals surface area contributed by atoms with Crippen LogP contribution in [0.25, 0.3) is 0 Å². The lowest BCUT2D eigenvalue weighted by molar-refractivity contribution is -0.161. The van der Waals surface area contributed by atoms with Gasteiger partial charge in [-0.15, -0.1) is 0 Å². The predicted octanol–water partition coefficient (Wildman–Crippen LogP) is 22.9. The first-order valence-electron chi connectivity index (χ1n) is 39.1. The summed E-state index contributed by atoms with van der Waals surface area (Å²) in [5.41, 5.74) is 0. The molecular weight excluding hydrogens is 1310 g/mol. The number of aliphatic hydroxyl groups is 2. The monoisotopic (exact) mass is 1450 g/mol. The first-order valence-corrected chi connectivity index (χ1v) is 42.1. The van der Waals surface area contributed by atoms with Gasteiger partial charge in [0.05, 0.1) is 26.4 Å². The standard InChI is InChI=1S/C83H140O16P2/c1-4-7-10-13-16-19-22-24-26-28-30-31-32-33-34-35-36-37-38-39-40-41-42-43-44-45-47-49-50-52-55-57-60-63-66-69-81(86)93-72-78(84)73-95-100(89,90)96-74-79(85)75-97-101(91,92)98-77-80(99-83(88)71-68-65-62-59-54-21-18-15-12-9-6-3)76-94-82(87)70-67-64-61-58-56-53-51-48-46-29-27-25-23-20-17-14-11-8-5-2/h7-8,10-11,16-17,19-20,24-27,30-31,33-34,36-37,46,48,53,56,61,64,78-80,84-85H,4-6,9,12-15,18,21-23,28-29,32,35,38-45,47,49-52,54-55,57-60,62-63,65-77H2,1-3H3,(H,89,90)(H,91,92)/b10-7-,11-8-,19-16-,20-17-,26-24-,27-25-,31-30-,34-33-,37-36-,48-46-,56-53-,64-61-. The minimum Gasteiger partial charge on any atom is -0.463 e. The molecule has 16 nitrogen and oxygen atoms in total. The van der Waals surface area contributed by atoms with E-state index >= 15 is 0 Å². The van der Waals surface area contributed by atoms with Gasteiger partial charge in [-0.3, -0.25) is 32.5 Å². The van der Waals surface area contributed by atoms with E-state index in [9.17, 15) is 43.5 Å². The van der Waals surface area contributed by atoms with Gasteiger partial charge in [-0.1, -0.05) is 321 Å². The molecule has 0 radical (unpaired) electrons. The molecule has 4 N–H and O–H groups in total. The number of phosphoric acid groups is 2. The van der Waals surface area contributed by atoms with Crippen molar-refractivity contribution in [3.05, 3.63) is 146 Å². The maximum atomic E-state index is 12.9. The van der Waals surface area contributed by atoms with Crippen LogP contribution in [-0.4, -0.2) is 95.9 Å². The smallest absolute Gasteiger partial charge is 0.463 e. The predicted molar refractivity (Wildman–Crippen MR) is 417 cm³/mol. The van der Waals surface area contributed by atoms with E-state index in [0.717, 1.165) is 116 Å². The third-order valence-electron chi connectivity index (χ3n) is 16.1. The zero-order chi connectivity index (χ0) is 73.7. The van der Waals surface area contributed by atoms with E-state index in [2.05, 4.69) is 148 Å². The maximum absolute atomic E-state index is 12.9. The number of phosphoric ester groups is 2. The van der Waals surface area contributed by atoms with E-state index < -0.39 is 91.5 Å². The average Bonchev–Trinajstić information content (AvgIpc) is 0.974. The number of ether oxygens (including phenoxy) is 3. The zero-order valence-corrected chi connectivity index (χ0v) is 64.8. The Hall–Kier alpha value is -4.57. The van der Waals surface area contributed by atoms with Gasteiger partial charge < -0.3 is 34.2 Å². The highest BCUT2D eigenvalue weighted by atomic mass is 31.2. The summed E-state index contributed by atoms with van der Waals surface area (Å²) in [5, 5.41) is 20.6. The van der Waals surface area contributed by atoms with Crippen molar-refractivity contribution in [2.75, 3.05) is 39.6 Å². The molecule has 0 saturated heterocycles. The number of rotatable bonds is 73. The molecule has 0 heterocycles. The molecule has 0 amide bonds. The summed E-state index contributed by atoms with van der Waals surface area (Å²) >= 11 is 0. The highest BCUT2D eigenvalue weighted by molar-refractivity contribution is 7.47. The molecule has 5 unspecified atom stereocenters. The molecular formula is C83H140O16P2. The summed E-state index contributed by atoms with van der Waals surface area (Å²) in [6.07, 6.45) is 92.3. The summed E-state index contributed by atoms with van der Waals surface area (Å²) in [6.45, 7) is 2.35. The normalized spacial score (nSPS) is 14.8. The molecule has 0 aromatic carbocycles. The molecule has 101 heavy (non-hydrogen) atoms. The first-order chi connectivity index (χ1) is 49.2. The SMILES string of the molecule is CC/C=C\C/C=C\C/C=C\C/C=C\C/C=C\C/C=C\CCCCCCCCCCCCCCCCCCC(=O)OCC(O)COP(=O)(O)OCC(O)COP(=O)(O)OCC(COC(=O)CC/C=C\C/C=C\C/C=C\C/C=C\C/C=C\C/C=C\CC)OC(=O)CCCCCCCCCCCCC. The minimum absolute atomic E-state index is 0.0445.